The van der Waals surface area contributed by atoms with Crippen LogP contribution in [0.15, 0.2) is 0 Å². The van der Waals surface area contributed by atoms with Gasteiger partial charge in [-0.2, -0.15) is 35.3 Å². The van der Waals surface area contributed by atoms with Crippen molar-refractivity contribution >= 4 is 35.3 Å². The van der Waals surface area contributed by atoms with E-state index in [-0.39, 0.29) is 0 Å². The maximum absolute atomic E-state index is 2.24. The van der Waals surface area contributed by atoms with Gasteiger partial charge in [-0.25, -0.2) is 0 Å². The molecule has 0 heterocycles. The zero-order valence-electron chi connectivity index (χ0n) is 8.88. The van der Waals surface area contributed by atoms with Crippen molar-refractivity contribution in [3.63, 3.8) is 0 Å². The molecule has 0 nitrogen and oxygen atoms in total. The van der Waals surface area contributed by atoms with Crippen molar-refractivity contribution in [1.82, 2.24) is 0 Å². The number of hydrogen-bond acceptors (Lipinski definition) is 3. The van der Waals surface area contributed by atoms with Crippen LogP contribution in [-0.2, 0) is 0 Å². The molecule has 0 aromatic heterocycles. The molecule has 0 saturated heterocycles. The summed E-state index contributed by atoms with van der Waals surface area (Å²) in [5.74, 6) is 7.99. The highest BCUT2D eigenvalue weighted by Gasteiger charge is 1.91. The average Bonchev–Trinajstić information content (AvgIpc) is 2.16. The summed E-state index contributed by atoms with van der Waals surface area (Å²) in [6.07, 6.45) is 2.79. The van der Waals surface area contributed by atoms with Crippen LogP contribution in [-0.4, -0.2) is 34.5 Å². The monoisotopic (exact) mass is 238 g/mol. The molecule has 0 aliphatic heterocycles. The van der Waals surface area contributed by atoms with Crippen LogP contribution in [0.1, 0.15) is 26.7 Å². The Morgan fingerprint density at radius 2 is 1.00 bits per heavy atom. The molecule has 80 valence electrons. The van der Waals surface area contributed by atoms with Crippen molar-refractivity contribution in [2.45, 2.75) is 26.7 Å². The highest BCUT2D eigenvalue weighted by atomic mass is 32.2. The third-order valence-electron chi connectivity index (χ3n) is 1.56. The molecule has 0 N–H and O–H groups in total. The molecule has 0 aromatic carbocycles. The SMILES string of the molecule is CCSCCCSCCCSCC. The maximum Gasteiger partial charge on any atom is -0.00597 e. The van der Waals surface area contributed by atoms with Crippen LogP contribution < -0.4 is 0 Å². The molecule has 0 rings (SSSR count). The fourth-order valence-corrected chi connectivity index (χ4v) is 3.46. The van der Waals surface area contributed by atoms with Crippen LogP contribution in [0.2, 0.25) is 0 Å². The number of thioether (sulfide) groups is 3. The zero-order chi connectivity index (χ0) is 9.78. The standard InChI is InChI=1S/C10H22S3/c1-3-11-7-5-9-13-10-6-8-12-4-2/h3-10H2,1-2H3. The summed E-state index contributed by atoms with van der Waals surface area (Å²) >= 11 is 6.25. The van der Waals surface area contributed by atoms with E-state index in [0.29, 0.717) is 0 Å². The summed E-state index contributed by atoms with van der Waals surface area (Å²) in [6, 6.07) is 0. The van der Waals surface area contributed by atoms with Gasteiger partial charge < -0.3 is 0 Å². The van der Waals surface area contributed by atoms with Crippen LogP contribution in [0.3, 0.4) is 0 Å². The van der Waals surface area contributed by atoms with Gasteiger partial charge in [-0.1, -0.05) is 13.8 Å². The highest BCUT2D eigenvalue weighted by Crippen LogP contribution is 2.10. The Bertz CT molecular complexity index is 76.2. The van der Waals surface area contributed by atoms with Crippen LogP contribution in [0.5, 0.6) is 0 Å². The van der Waals surface area contributed by atoms with Gasteiger partial charge in [-0.05, 0) is 47.4 Å². The Labute approximate surface area is 96.4 Å². The highest BCUT2D eigenvalue weighted by molar-refractivity contribution is 8.00. The molecule has 0 aromatic rings. The zero-order valence-corrected chi connectivity index (χ0v) is 11.3. The molecular weight excluding hydrogens is 216 g/mol. The first-order valence-electron chi connectivity index (χ1n) is 5.15. The molecule has 0 atom stereocenters. The normalized spacial score (nSPS) is 10.6. The average molecular weight is 238 g/mol. The van der Waals surface area contributed by atoms with Crippen molar-refractivity contribution in [3.05, 3.63) is 0 Å². The largest absolute Gasteiger partial charge is 0.162 e. The van der Waals surface area contributed by atoms with Crippen LogP contribution in [0.25, 0.3) is 0 Å². The first-order valence-corrected chi connectivity index (χ1v) is 8.61. The van der Waals surface area contributed by atoms with Gasteiger partial charge in [0, 0.05) is 0 Å². The maximum atomic E-state index is 2.24. The molecule has 13 heavy (non-hydrogen) atoms. The Balaban J connectivity index is 2.76. The minimum Gasteiger partial charge on any atom is -0.162 e. The molecule has 0 saturated carbocycles. The quantitative estimate of drug-likeness (QED) is 0.528. The van der Waals surface area contributed by atoms with E-state index in [1.807, 2.05) is 0 Å². The Hall–Kier alpha value is 1.05. The smallest absolute Gasteiger partial charge is 0.00597 e. The molecule has 0 aliphatic rings. The van der Waals surface area contributed by atoms with Gasteiger partial charge in [0.05, 0.1) is 0 Å². The van der Waals surface area contributed by atoms with Gasteiger partial charge in [0.15, 0.2) is 0 Å². The van der Waals surface area contributed by atoms with Crippen LogP contribution >= 0.6 is 35.3 Å². The Morgan fingerprint density at radius 3 is 1.38 bits per heavy atom. The van der Waals surface area contributed by atoms with E-state index < -0.39 is 0 Å². The van der Waals surface area contributed by atoms with Crippen molar-refractivity contribution in [1.29, 1.82) is 0 Å². The van der Waals surface area contributed by atoms with E-state index >= 15 is 0 Å². The summed E-state index contributed by atoms with van der Waals surface area (Å²) in [4.78, 5) is 0. The molecule has 0 unspecified atom stereocenters. The Morgan fingerprint density at radius 1 is 0.615 bits per heavy atom. The summed E-state index contributed by atoms with van der Waals surface area (Å²) < 4.78 is 0. The van der Waals surface area contributed by atoms with Gasteiger partial charge in [-0.15, -0.1) is 0 Å². The third-order valence-corrected chi connectivity index (χ3v) is 4.69. The first-order chi connectivity index (χ1) is 6.41. The van der Waals surface area contributed by atoms with Gasteiger partial charge in [-0.3, -0.25) is 0 Å². The van der Waals surface area contributed by atoms with E-state index in [2.05, 4.69) is 49.1 Å². The van der Waals surface area contributed by atoms with Crippen molar-refractivity contribution in [2.75, 3.05) is 34.5 Å². The van der Waals surface area contributed by atoms with Crippen molar-refractivity contribution in [2.24, 2.45) is 0 Å². The predicted octanol–water partition coefficient (Wildman–Crippen LogP) is 4.01. The lowest BCUT2D eigenvalue weighted by Gasteiger charge is -2.00. The van der Waals surface area contributed by atoms with Gasteiger partial charge in [0.1, 0.15) is 0 Å². The van der Waals surface area contributed by atoms with Crippen molar-refractivity contribution in [3.8, 4) is 0 Å². The first kappa shape index (κ1) is 14.1. The second-order valence-corrected chi connectivity index (χ2v) is 6.73. The lowest BCUT2D eigenvalue weighted by atomic mass is 10.6. The Kier molecular flexibility index (Phi) is 14.1. The van der Waals surface area contributed by atoms with Gasteiger partial charge in [0.2, 0.25) is 0 Å². The fraction of sp³-hybridized carbons (Fsp3) is 1.00. The lowest BCUT2D eigenvalue weighted by Crippen LogP contribution is -1.89. The molecule has 3 heteroatoms. The van der Waals surface area contributed by atoms with Crippen molar-refractivity contribution < 1.29 is 0 Å². The molecule has 0 fully saturated rings. The van der Waals surface area contributed by atoms with E-state index in [9.17, 15) is 0 Å². The molecule has 0 bridgehead atoms. The van der Waals surface area contributed by atoms with E-state index in [4.69, 9.17) is 0 Å². The molecule has 0 spiro atoms. The summed E-state index contributed by atoms with van der Waals surface area (Å²) in [5.41, 5.74) is 0. The van der Waals surface area contributed by atoms with E-state index in [1.54, 1.807) is 0 Å². The molecule has 0 aliphatic carbocycles. The van der Waals surface area contributed by atoms with Gasteiger partial charge >= 0.3 is 0 Å². The molecule has 0 radical (unpaired) electrons. The summed E-state index contributed by atoms with van der Waals surface area (Å²) in [5, 5.41) is 0. The second kappa shape index (κ2) is 13.1. The number of hydrogen-bond donors (Lipinski definition) is 0. The molecular formula is C10H22S3. The minimum absolute atomic E-state index is 1.28. The molecule has 0 amide bonds. The van der Waals surface area contributed by atoms with Gasteiger partial charge in [0.25, 0.3) is 0 Å². The summed E-state index contributed by atoms with van der Waals surface area (Å²) in [7, 11) is 0. The van der Waals surface area contributed by atoms with Crippen LogP contribution in [0, 0.1) is 0 Å². The minimum atomic E-state index is 1.28. The lowest BCUT2D eigenvalue weighted by molar-refractivity contribution is 1.09. The van der Waals surface area contributed by atoms with E-state index in [1.165, 1.54) is 47.4 Å². The van der Waals surface area contributed by atoms with Crippen LogP contribution in [0.4, 0.5) is 0 Å². The van der Waals surface area contributed by atoms with E-state index in [0.717, 1.165) is 0 Å². The number of rotatable bonds is 10. The second-order valence-electron chi connectivity index (χ2n) is 2.71. The topological polar surface area (TPSA) is 0 Å². The predicted molar refractivity (Wildman–Crippen MR) is 72.6 cm³/mol. The fourth-order valence-electron chi connectivity index (χ4n) is 0.917. The third kappa shape index (κ3) is 13.1. The summed E-state index contributed by atoms with van der Waals surface area (Å²) in [6.45, 7) is 4.47.